The highest BCUT2D eigenvalue weighted by atomic mass is 19.1. The van der Waals surface area contributed by atoms with Gasteiger partial charge in [0.25, 0.3) is 0 Å². The predicted molar refractivity (Wildman–Crippen MR) is 96.3 cm³/mol. The Morgan fingerprint density at radius 2 is 2.00 bits per heavy atom. The molecule has 0 amide bonds. The highest BCUT2D eigenvalue weighted by Crippen LogP contribution is 2.23. The van der Waals surface area contributed by atoms with E-state index in [1.54, 1.807) is 16.9 Å². The van der Waals surface area contributed by atoms with Gasteiger partial charge in [0.1, 0.15) is 5.67 Å². The van der Waals surface area contributed by atoms with Gasteiger partial charge in [-0.3, -0.25) is 0 Å². The molecule has 3 rings (SSSR count). The molecule has 0 aromatic carbocycles. The zero-order valence-electron chi connectivity index (χ0n) is 14.8. The third-order valence-electron chi connectivity index (χ3n) is 3.81. The number of anilines is 1. The number of nitrogens with one attached hydrogen (secondary N) is 1. The minimum atomic E-state index is -1.33. The van der Waals surface area contributed by atoms with Crippen molar-refractivity contribution in [3.05, 3.63) is 53.8 Å². The summed E-state index contributed by atoms with van der Waals surface area (Å²) in [6.07, 6.45) is 3.46. The number of nitrogens with zero attached hydrogens (tertiary/aromatic N) is 5. The first-order valence-corrected chi connectivity index (χ1v) is 8.02. The zero-order valence-corrected chi connectivity index (χ0v) is 14.8. The summed E-state index contributed by atoms with van der Waals surface area (Å²) in [5, 5.41) is 7.48. The van der Waals surface area contributed by atoms with Crippen molar-refractivity contribution >= 4 is 17.2 Å². The van der Waals surface area contributed by atoms with Crippen molar-refractivity contribution < 1.29 is 4.39 Å². The second-order valence-electron chi connectivity index (χ2n) is 6.63. The molecule has 0 aliphatic heterocycles. The fraction of sp³-hybridized carbons (Fsp3) is 0.333. The Morgan fingerprint density at radius 1 is 1.24 bits per heavy atom. The van der Waals surface area contributed by atoms with E-state index in [4.69, 9.17) is 0 Å². The van der Waals surface area contributed by atoms with Gasteiger partial charge in [0.05, 0.1) is 29.8 Å². The first-order valence-electron chi connectivity index (χ1n) is 8.02. The lowest BCUT2D eigenvalue weighted by Gasteiger charge is -2.15. The number of imidazole rings is 1. The summed E-state index contributed by atoms with van der Waals surface area (Å²) < 4.78 is 15.4. The Labute approximate surface area is 145 Å². The topological polar surface area (TPSA) is 68.0 Å². The maximum atomic E-state index is 13.6. The van der Waals surface area contributed by atoms with Gasteiger partial charge in [0.15, 0.2) is 5.65 Å². The molecule has 3 aromatic heterocycles. The van der Waals surface area contributed by atoms with Gasteiger partial charge >= 0.3 is 0 Å². The number of alkyl halides is 1. The van der Waals surface area contributed by atoms with Crippen LogP contribution in [0.4, 0.5) is 10.3 Å². The van der Waals surface area contributed by atoms with Crippen molar-refractivity contribution in [1.82, 2.24) is 24.6 Å². The van der Waals surface area contributed by atoms with Crippen LogP contribution in [0.3, 0.4) is 0 Å². The predicted octanol–water partition coefficient (Wildman–Crippen LogP) is 3.36. The van der Waals surface area contributed by atoms with Crippen LogP contribution in [0, 0.1) is 13.8 Å². The monoisotopic (exact) mass is 340 g/mol. The van der Waals surface area contributed by atoms with E-state index in [1.807, 2.05) is 26.0 Å². The summed E-state index contributed by atoms with van der Waals surface area (Å²) in [4.78, 5) is 12.9. The highest BCUT2D eigenvalue weighted by Gasteiger charge is 2.16. The van der Waals surface area contributed by atoms with Gasteiger partial charge < -0.3 is 5.32 Å². The van der Waals surface area contributed by atoms with E-state index in [-0.39, 0.29) is 6.54 Å². The molecule has 0 fully saturated rings. The molecular formula is C18H21FN6. The molecule has 7 heteroatoms. The molecule has 0 spiro atoms. The molecule has 130 valence electrons. The van der Waals surface area contributed by atoms with Crippen molar-refractivity contribution in [3.8, 4) is 0 Å². The molecule has 0 saturated carbocycles. The molecule has 0 saturated heterocycles. The molecule has 6 nitrogen and oxygen atoms in total. The van der Waals surface area contributed by atoms with Gasteiger partial charge in [-0.05, 0) is 39.8 Å². The molecular weight excluding hydrogens is 319 g/mol. The smallest absolute Gasteiger partial charge is 0.222 e. The lowest BCUT2D eigenvalue weighted by molar-refractivity contribution is 0.234. The number of hydrogen-bond acceptors (Lipinski definition) is 5. The molecule has 25 heavy (non-hydrogen) atoms. The first kappa shape index (κ1) is 17.0. The fourth-order valence-corrected chi connectivity index (χ4v) is 2.42. The summed E-state index contributed by atoms with van der Waals surface area (Å²) in [5.74, 6) is 0.397. The van der Waals surface area contributed by atoms with Crippen molar-refractivity contribution in [3.63, 3.8) is 0 Å². The van der Waals surface area contributed by atoms with E-state index >= 15 is 0 Å². The van der Waals surface area contributed by atoms with Crippen LogP contribution < -0.4 is 5.32 Å². The van der Waals surface area contributed by atoms with E-state index in [0.29, 0.717) is 5.95 Å². The molecule has 0 radical (unpaired) electrons. The van der Waals surface area contributed by atoms with Gasteiger partial charge in [-0.25, -0.2) is 23.9 Å². The maximum absolute atomic E-state index is 13.6. The van der Waals surface area contributed by atoms with Crippen LogP contribution in [-0.2, 0) is 0 Å². The SMILES string of the molecule is C=C(c1ccc2ncc(C)n2n1)c1cnc(NCC(C)(C)F)nc1C. The van der Waals surface area contributed by atoms with E-state index in [0.717, 1.165) is 33.9 Å². The first-order chi connectivity index (χ1) is 11.7. The summed E-state index contributed by atoms with van der Waals surface area (Å²) in [6, 6.07) is 3.78. The van der Waals surface area contributed by atoms with Crippen molar-refractivity contribution in [2.75, 3.05) is 11.9 Å². The largest absolute Gasteiger partial charge is 0.351 e. The average Bonchev–Trinajstić information content (AvgIpc) is 2.92. The molecule has 1 N–H and O–H groups in total. The Balaban J connectivity index is 1.87. The van der Waals surface area contributed by atoms with Gasteiger partial charge in [0.2, 0.25) is 5.95 Å². The minimum Gasteiger partial charge on any atom is -0.351 e. The van der Waals surface area contributed by atoms with E-state index in [2.05, 4.69) is 31.9 Å². The number of fused-ring (bicyclic) bond motifs is 1. The zero-order chi connectivity index (χ0) is 18.2. The summed E-state index contributed by atoms with van der Waals surface area (Å²) in [5.41, 5.74) is 3.41. The molecule has 0 aliphatic carbocycles. The Bertz CT molecular complexity index is 938. The second-order valence-corrected chi connectivity index (χ2v) is 6.63. The normalized spacial score (nSPS) is 11.7. The Kier molecular flexibility index (Phi) is 4.24. The summed E-state index contributed by atoms with van der Waals surface area (Å²) in [7, 11) is 0. The average molecular weight is 340 g/mol. The van der Waals surface area contributed by atoms with Gasteiger partial charge in [-0.1, -0.05) is 6.58 Å². The standard InChI is InChI=1S/C18H21FN6/c1-11-8-20-16-7-6-15(24-25(11)16)12(2)14-9-21-17(23-13(14)3)22-10-18(4,5)19/h6-9H,2,10H2,1,3-5H3,(H,21,22,23). The molecule has 0 unspecified atom stereocenters. The second kappa shape index (κ2) is 6.23. The van der Waals surface area contributed by atoms with Crippen molar-refractivity contribution in [2.24, 2.45) is 0 Å². The van der Waals surface area contributed by atoms with E-state index in [9.17, 15) is 4.39 Å². The van der Waals surface area contributed by atoms with Crippen LogP contribution in [0.25, 0.3) is 11.2 Å². The van der Waals surface area contributed by atoms with Gasteiger partial charge in [0, 0.05) is 17.3 Å². The highest BCUT2D eigenvalue weighted by molar-refractivity contribution is 5.77. The lowest BCUT2D eigenvalue weighted by Crippen LogP contribution is -2.25. The lowest BCUT2D eigenvalue weighted by atomic mass is 10.1. The van der Waals surface area contributed by atoms with Crippen LogP contribution in [0.1, 0.15) is 36.5 Å². The van der Waals surface area contributed by atoms with Crippen LogP contribution in [0.2, 0.25) is 0 Å². The Hall–Kier alpha value is -2.83. The number of halogens is 1. The summed E-state index contributed by atoms with van der Waals surface area (Å²) >= 11 is 0. The summed E-state index contributed by atoms with van der Waals surface area (Å²) in [6.45, 7) is 11.1. The van der Waals surface area contributed by atoms with Gasteiger partial charge in [-0.15, -0.1) is 0 Å². The van der Waals surface area contributed by atoms with Crippen LogP contribution in [0.15, 0.2) is 31.1 Å². The number of hydrogen-bond donors (Lipinski definition) is 1. The molecule has 0 aliphatic rings. The maximum Gasteiger partial charge on any atom is 0.222 e. The quantitative estimate of drug-likeness (QED) is 0.771. The number of aromatic nitrogens is 5. The number of aryl methyl sites for hydroxylation is 2. The van der Waals surface area contributed by atoms with Crippen LogP contribution in [-0.4, -0.2) is 36.8 Å². The molecule has 0 bridgehead atoms. The fourth-order valence-electron chi connectivity index (χ4n) is 2.42. The molecule has 0 atom stereocenters. The van der Waals surface area contributed by atoms with Crippen LogP contribution in [0.5, 0.6) is 0 Å². The van der Waals surface area contributed by atoms with Crippen molar-refractivity contribution in [2.45, 2.75) is 33.4 Å². The third-order valence-corrected chi connectivity index (χ3v) is 3.81. The molecule has 3 heterocycles. The van der Waals surface area contributed by atoms with E-state index in [1.165, 1.54) is 13.8 Å². The van der Waals surface area contributed by atoms with Crippen LogP contribution >= 0.6 is 0 Å². The molecule has 3 aromatic rings. The van der Waals surface area contributed by atoms with E-state index < -0.39 is 5.67 Å². The minimum absolute atomic E-state index is 0.144. The third kappa shape index (κ3) is 3.65. The van der Waals surface area contributed by atoms with Gasteiger partial charge in [-0.2, -0.15) is 5.10 Å². The Morgan fingerprint density at radius 3 is 2.68 bits per heavy atom. The number of rotatable bonds is 5. The van der Waals surface area contributed by atoms with Crippen molar-refractivity contribution in [1.29, 1.82) is 0 Å².